The normalized spacial score (nSPS) is 11.4. The molecule has 0 aromatic heterocycles. The summed E-state index contributed by atoms with van der Waals surface area (Å²) in [4.78, 5) is 22.3. The molecule has 0 rings (SSSR count). The van der Waals surface area contributed by atoms with E-state index < -0.39 is 18.0 Å². The third-order valence-corrected chi connectivity index (χ3v) is 2.27. The zero-order valence-electron chi connectivity index (χ0n) is 9.42. The first-order valence-corrected chi connectivity index (χ1v) is 5.75. The summed E-state index contributed by atoms with van der Waals surface area (Å²) < 4.78 is 9.86. The van der Waals surface area contributed by atoms with Crippen molar-refractivity contribution in [2.24, 2.45) is 0 Å². The van der Waals surface area contributed by atoms with Gasteiger partial charge in [-0.25, -0.2) is 9.59 Å². The van der Waals surface area contributed by atoms with E-state index in [-0.39, 0.29) is 6.61 Å². The highest BCUT2D eigenvalue weighted by Crippen LogP contribution is 2.04. The van der Waals surface area contributed by atoms with E-state index in [4.69, 9.17) is 9.47 Å². The van der Waals surface area contributed by atoms with E-state index >= 15 is 0 Å². The molecule has 1 atom stereocenters. The minimum atomic E-state index is -0.521. The van der Waals surface area contributed by atoms with Crippen LogP contribution in [0.1, 0.15) is 13.8 Å². The first kappa shape index (κ1) is 14.9. The Balaban J connectivity index is 4.11. The molecule has 0 spiro atoms. The standard InChI is InChI=1S/C11H15BrO4/c1-7(2)10(13)15-6-9(5-12)16-11(14)8(3)4/h9H,1,3,5-6H2,2,4H3. The number of rotatable bonds is 6. The monoisotopic (exact) mass is 290 g/mol. The molecule has 1 unspecified atom stereocenters. The molecule has 0 N–H and O–H groups in total. The predicted octanol–water partition coefficient (Wildman–Crippen LogP) is 1.99. The van der Waals surface area contributed by atoms with Crippen LogP contribution in [-0.4, -0.2) is 30.0 Å². The number of carbonyl (C=O) groups excluding carboxylic acids is 2. The average molecular weight is 291 g/mol. The minimum Gasteiger partial charge on any atom is -0.458 e. The fourth-order valence-corrected chi connectivity index (χ4v) is 0.973. The molecular formula is C11H15BrO4. The average Bonchev–Trinajstić information content (AvgIpc) is 2.22. The number of hydrogen-bond acceptors (Lipinski definition) is 4. The van der Waals surface area contributed by atoms with Crippen molar-refractivity contribution < 1.29 is 19.1 Å². The Kier molecular flexibility index (Phi) is 6.72. The molecule has 0 radical (unpaired) electrons. The van der Waals surface area contributed by atoms with E-state index in [1.165, 1.54) is 0 Å². The van der Waals surface area contributed by atoms with E-state index in [1.54, 1.807) is 13.8 Å². The van der Waals surface area contributed by atoms with Gasteiger partial charge in [0.2, 0.25) is 0 Å². The molecule has 90 valence electrons. The van der Waals surface area contributed by atoms with Gasteiger partial charge >= 0.3 is 11.9 Å². The van der Waals surface area contributed by atoms with Crippen LogP contribution >= 0.6 is 15.9 Å². The molecule has 0 saturated heterocycles. The van der Waals surface area contributed by atoms with E-state index in [2.05, 4.69) is 29.1 Å². The van der Waals surface area contributed by atoms with Gasteiger partial charge in [-0.2, -0.15) is 0 Å². The van der Waals surface area contributed by atoms with Crippen LogP contribution in [0.3, 0.4) is 0 Å². The fraction of sp³-hybridized carbons (Fsp3) is 0.455. The highest BCUT2D eigenvalue weighted by atomic mass is 79.9. The largest absolute Gasteiger partial charge is 0.458 e. The molecule has 4 nitrogen and oxygen atoms in total. The van der Waals surface area contributed by atoms with Crippen molar-refractivity contribution in [3.8, 4) is 0 Å². The first-order valence-electron chi connectivity index (χ1n) is 4.63. The Bertz CT molecular complexity index is 309. The van der Waals surface area contributed by atoms with E-state index in [1.807, 2.05) is 0 Å². The van der Waals surface area contributed by atoms with Crippen molar-refractivity contribution in [2.75, 3.05) is 11.9 Å². The maximum absolute atomic E-state index is 11.2. The Morgan fingerprint density at radius 2 is 1.69 bits per heavy atom. The molecule has 0 aromatic carbocycles. The second kappa shape index (κ2) is 7.22. The number of ether oxygens (including phenoxy) is 2. The third kappa shape index (κ3) is 5.70. The zero-order chi connectivity index (χ0) is 12.7. The van der Waals surface area contributed by atoms with Crippen molar-refractivity contribution in [3.05, 3.63) is 24.3 Å². The highest BCUT2D eigenvalue weighted by molar-refractivity contribution is 9.09. The summed E-state index contributed by atoms with van der Waals surface area (Å²) in [5, 5.41) is 0.384. The molecule has 0 aromatic rings. The molecule has 0 aliphatic rings. The molecule has 5 heteroatoms. The summed E-state index contributed by atoms with van der Waals surface area (Å²) in [7, 11) is 0. The van der Waals surface area contributed by atoms with Crippen molar-refractivity contribution in [1.82, 2.24) is 0 Å². The molecule has 0 aliphatic heterocycles. The van der Waals surface area contributed by atoms with Gasteiger partial charge in [0.25, 0.3) is 0 Å². The lowest BCUT2D eigenvalue weighted by atomic mass is 10.3. The van der Waals surface area contributed by atoms with Gasteiger partial charge in [0, 0.05) is 16.5 Å². The zero-order valence-corrected chi connectivity index (χ0v) is 11.0. The lowest BCUT2D eigenvalue weighted by Crippen LogP contribution is -2.27. The molecule has 0 amide bonds. The fourth-order valence-electron chi connectivity index (χ4n) is 0.654. The van der Waals surface area contributed by atoms with Crippen molar-refractivity contribution >= 4 is 27.9 Å². The maximum Gasteiger partial charge on any atom is 0.333 e. The summed E-state index contributed by atoms with van der Waals surface area (Å²) in [5.41, 5.74) is 0.608. The summed E-state index contributed by atoms with van der Waals surface area (Å²) in [5.74, 6) is -1.01. The molecule has 0 heterocycles. The van der Waals surface area contributed by atoms with Crippen LogP contribution in [0, 0.1) is 0 Å². The first-order chi connectivity index (χ1) is 7.38. The number of hydrogen-bond donors (Lipinski definition) is 0. The van der Waals surface area contributed by atoms with Gasteiger partial charge in [0.1, 0.15) is 12.7 Å². The SMILES string of the molecule is C=C(C)C(=O)OCC(CBr)OC(=O)C(=C)C. The van der Waals surface area contributed by atoms with Crippen molar-refractivity contribution in [2.45, 2.75) is 20.0 Å². The Hall–Kier alpha value is -1.10. The summed E-state index contributed by atoms with van der Waals surface area (Å²) in [6, 6.07) is 0. The van der Waals surface area contributed by atoms with Gasteiger partial charge < -0.3 is 9.47 Å². The van der Waals surface area contributed by atoms with Crippen LogP contribution in [0.4, 0.5) is 0 Å². The molecular weight excluding hydrogens is 276 g/mol. The van der Waals surface area contributed by atoms with E-state index in [0.29, 0.717) is 16.5 Å². The number of halogens is 1. The van der Waals surface area contributed by atoms with Crippen LogP contribution in [0.5, 0.6) is 0 Å². The smallest absolute Gasteiger partial charge is 0.333 e. The van der Waals surface area contributed by atoms with Crippen molar-refractivity contribution in [1.29, 1.82) is 0 Å². The Morgan fingerprint density at radius 3 is 2.06 bits per heavy atom. The lowest BCUT2D eigenvalue weighted by molar-refractivity contribution is -0.152. The predicted molar refractivity (Wildman–Crippen MR) is 64.3 cm³/mol. The number of carbonyl (C=O) groups is 2. The molecule has 0 bridgehead atoms. The Labute approximate surface area is 103 Å². The molecule has 0 fully saturated rings. The van der Waals surface area contributed by atoms with E-state index in [0.717, 1.165) is 0 Å². The van der Waals surface area contributed by atoms with Gasteiger partial charge in [0.15, 0.2) is 0 Å². The van der Waals surface area contributed by atoms with Gasteiger partial charge in [-0.15, -0.1) is 0 Å². The van der Waals surface area contributed by atoms with Crippen LogP contribution in [-0.2, 0) is 19.1 Å². The topological polar surface area (TPSA) is 52.6 Å². The number of esters is 2. The van der Waals surface area contributed by atoms with Gasteiger partial charge in [0.05, 0.1) is 0 Å². The van der Waals surface area contributed by atoms with Crippen molar-refractivity contribution in [3.63, 3.8) is 0 Å². The second-order valence-electron chi connectivity index (χ2n) is 3.34. The van der Waals surface area contributed by atoms with Crippen LogP contribution < -0.4 is 0 Å². The number of alkyl halides is 1. The minimum absolute atomic E-state index is 0.00400. The summed E-state index contributed by atoms with van der Waals surface area (Å²) in [6.45, 7) is 9.99. The van der Waals surface area contributed by atoms with Gasteiger partial charge in [-0.3, -0.25) is 0 Å². The Morgan fingerprint density at radius 1 is 1.19 bits per heavy atom. The van der Waals surface area contributed by atoms with E-state index in [9.17, 15) is 9.59 Å². The quantitative estimate of drug-likeness (QED) is 0.426. The molecule has 0 saturated carbocycles. The van der Waals surface area contributed by atoms with Gasteiger partial charge in [-0.1, -0.05) is 29.1 Å². The lowest BCUT2D eigenvalue weighted by Gasteiger charge is -2.15. The summed E-state index contributed by atoms with van der Waals surface area (Å²) >= 11 is 3.16. The maximum atomic E-state index is 11.2. The third-order valence-electron chi connectivity index (χ3n) is 1.54. The second-order valence-corrected chi connectivity index (χ2v) is 3.99. The van der Waals surface area contributed by atoms with Crippen LogP contribution in [0.15, 0.2) is 24.3 Å². The molecule has 16 heavy (non-hydrogen) atoms. The molecule has 0 aliphatic carbocycles. The van der Waals surface area contributed by atoms with Gasteiger partial charge in [-0.05, 0) is 13.8 Å². The van der Waals surface area contributed by atoms with Crippen LogP contribution in [0.2, 0.25) is 0 Å². The highest BCUT2D eigenvalue weighted by Gasteiger charge is 2.16. The summed E-state index contributed by atoms with van der Waals surface area (Å²) in [6.07, 6.45) is -0.521. The van der Waals surface area contributed by atoms with Crippen LogP contribution in [0.25, 0.3) is 0 Å².